The number of halogens is 2. The number of aliphatic carboxylic acids is 1. The summed E-state index contributed by atoms with van der Waals surface area (Å²) in [6.45, 7) is 0. The van der Waals surface area contributed by atoms with Crippen molar-refractivity contribution in [1.29, 1.82) is 0 Å². The number of hydrogen-bond donors (Lipinski definition) is 2. The van der Waals surface area contributed by atoms with Crippen molar-refractivity contribution in [3.05, 3.63) is 21.7 Å². The summed E-state index contributed by atoms with van der Waals surface area (Å²) < 4.78 is 10.2. The van der Waals surface area contributed by atoms with Gasteiger partial charge in [-0.05, 0) is 5.56 Å². The third-order valence-corrected chi connectivity index (χ3v) is 3.14. The molecule has 0 bridgehead atoms. The van der Waals surface area contributed by atoms with Crippen molar-refractivity contribution in [1.82, 2.24) is 0 Å². The van der Waals surface area contributed by atoms with E-state index in [1.54, 1.807) is 0 Å². The Bertz CT molecular complexity index is 465. The summed E-state index contributed by atoms with van der Waals surface area (Å²) >= 11 is 12.1. The van der Waals surface area contributed by atoms with Crippen molar-refractivity contribution in [2.75, 3.05) is 14.2 Å². The van der Waals surface area contributed by atoms with Gasteiger partial charge in [-0.15, -0.1) is 0 Å². The van der Waals surface area contributed by atoms with Crippen LogP contribution in [0.3, 0.4) is 0 Å². The molecule has 0 radical (unpaired) electrons. The Morgan fingerprint density at radius 3 is 2.50 bits per heavy atom. The molecule has 0 saturated carbocycles. The normalized spacial score (nSPS) is 12.1. The molecule has 1 unspecified atom stereocenters. The number of nitrogens with two attached hydrogens (primary N) is 1. The van der Waals surface area contributed by atoms with Crippen molar-refractivity contribution in [3.63, 3.8) is 0 Å². The summed E-state index contributed by atoms with van der Waals surface area (Å²) in [5.74, 6) is -0.451. The van der Waals surface area contributed by atoms with Crippen LogP contribution in [0, 0.1) is 0 Å². The number of benzene rings is 1. The topological polar surface area (TPSA) is 81.8 Å². The Morgan fingerprint density at radius 2 is 2.06 bits per heavy atom. The molecule has 7 heteroatoms. The minimum absolute atomic E-state index is 0.00730. The van der Waals surface area contributed by atoms with E-state index in [0.29, 0.717) is 17.1 Å². The zero-order chi connectivity index (χ0) is 13.9. The third-order valence-electron chi connectivity index (χ3n) is 2.40. The van der Waals surface area contributed by atoms with Gasteiger partial charge in [-0.3, -0.25) is 4.79 Å². The van der Waals surface area contributed by atoms with Gasteiger partial charge in [0.1, 0.15) is 6.04 Å². The number of methoxy groups -OCH3 is 2. The average molecular weight is 294 g/mol. The third kappa shape index (κ3) is 2.98. The van der Waals surface area contributed by atoms with Gasteiger partial charge in [0.15, 0.2) is 11.5 Å². The van der Waals surface area contributed by atoms with Gasteiger partial charge in [0.2, 0.25) is 0 Å². The summed E-state index contributed by atoms with van der Waals surface area (Å²) in [7, 11) is 2.88. The van der Waals surface area contributed by atoms with Gasteiger partial charge in [-0.1, -0.05) is 23.2 Å². The fourth-order valence-electron chi connectivity index (χ4n) is 1.45. The molecule has 0 aliphatic carbocycles. The van der Waals surface area contributed by atoms with E-state index >= 15 is 0 Å². The molecule has 0 spiro atoms. The smallest absolute Gasteiger partial charge is 0.320 e. The number of rotatable bonds is 5. The van der Waals surface area contributed by atoms with Crippen LogP contribution in [0.25, 0.3) is 0 Å². The monoisotopic (exact) mass is 293 g/mol. The van der Waals surface area contributed by atoms with Gasteiger partial charge in [-0.2, -0.15) is 0 Å². The quantitative estimate of drug-likeness (QED) is 0.867. The number of hydrogen-bond acceptors (Lipinski definition) is 4. The summed E-state index contributed by atoms with van der Waals surface area (Å²) in [6.07, 6.45) is 0.00730. The Hall–Kier alpha value is -1.17. The molecule has 100 valence electrons. The van der Waals surface area contributed by atoms with Gasteiger partial charge in [0, 0.05) is 17.5 Å². The van der Waals surface area contributed by atoms with Crippen LogP contribution in [0.4, 0.5) is 0 Å². The first-order chi connectivity index (χ1) is 8.42. The highest BCUT2D eigenvalue weighted by Crippen LogP contribution is 2.41. The van der Waals surface area contributed by atoms with Crippen LogP contribution in [-0.4, -0.2) is 31.3 Å². The molecule has 0 saturated heterocycles. The lowest BCUT2D eigenvalue weighted by molar-refractivity contribution is -0.138. The van der Waals surface area contributed by atoms with Crippen molar-refractivity contribution in [2.24, 2.45) is 5.73 Å². The molecule has 1 aromatic carbocycles. The standard InChI is InChI=1S/C11H13Cl2NO4/c1-17-8-4-6(12)5(3-7(14)11(15)16)9(13)10(8)18-2/h4,7H,3,14H2,1-2H3,(H,15,16). The highest BCUT2D eigenvalue weighted by atomic mass is 35.5. The van der Waals surface area contributed by atoms with E-state index < -0.39 is 12.0 Å². The van der Waals surface area contributed by atoms with E-state index in [4.69, 9.17) is 43.5 Å². The Balaban J connectivity index is 3.24. The predicted octanol–water partition coefficient (Wildman–Crippen LogP) is 1.97. The molecular formula is C11H13Cl2NO4. The van der Waals surface area contributed by atoms with Crippen LogP contribution in [0.15, 0.2) is 6.07 Å². The second-order valence-corrected chi connectivity index (χ2v) is 4.32. The van der Waals surface area contributed by atoms with Crippen LogP contribution in [-0.2, 0) is 11.2 Å². The van der Waals surface area contributed by atoms with Crippen molar-refractivity contribution < 1.29 is 19.4 Å². The van der Waals surface area contributed by atoms with Crippen LogP contribution < -0.4 is 15.2 Å². The first kappa shape index (κ1) is 14.9. The van der Waals surface area contributed by atoms with Gasteiger partial charge in [0.25, 0.3) is 0 Å². The Kier molecular flexibility index (Phi) is 5.07. The maximum Gasteiger partial charge on any atom is 0.320 e. The predicted molar refractivity (Wildman–Crippen MR) is 68.9 cm³/mol. The molecule has 0 aliphatic rings. The number of carboxylic acids is 1. The number of carboxylic acid groups (broad SMARTS) is 1. The molecule has 3 N–H and O–H groups in total. The first-order valence-electron chi connectivity index (χ1n) is 4.99. The first-order valence-corrected chi connectivity index (χ1v) is 5.75. The summed E-state index contributed by atoms with van der Waals surface area (Å²) in [5.41, 5.74) is 5.88. The molecule has 1 rings (SSSR count). The summed E-state index contributed by atoms with van der Waals surface area (Å²) in [5, 5.41) is 9.28. The Morgan fingerprint density at radius 1 is 1.44 bits per heavy atom. The lowest BCUT2D eigenvalue weighted by atomic mass is 10.1. The minimum Gasteiger partial charge on any atom is -0.493 e. The maximum atomic E-state index is 10.7. The lowest BCUT2D eigenvalue weighted by Gasteiger charge is -2.16. The Labute approximate surface area is 114 Å². The lowest BCUT2D eigenvalue weighted by Crippen LogP contribution is -2.32. The summed E-state index contributed by atoms with van der Waals surface area (Å²) in [6, 6.07) is 0.425. The van der Waals surface area contributed by atoms with Crippen molar-refractivity contribution >= 4 is 29.2 Å². The molecule has 0 fully saturated rings. The van der Waals surface area contributed by atoms with E-state index in [-0.39, 0.29) is 16.5 Å². The van der Waals surface area contributed by atoms with E-state index in [2.05, 4.69) is 0 Å². The minimum atomic E-state index is -1.13. The van der Waals surface area contributed by atoms with E-state index in [9.17, 15) is 4.79 Å². The second kappa shape index (κ2) is 6.13. The van der Waals surface area contributed by atoms with Gasteiger partial charge >= 0.3 is 5.97 Å². The van der Waals surface area contributed by atoms with Gasteiger partial charge < -0.3 is 20.3 Å². The molecule has 1 aromatic rings. The van der Waals surface area contributed by atoms with Crippen molar-refractivity contribution in [2.45, 2.75) is 12.5 Å². The number of carbonyl (C=O) groups is 1. The van der Waals surface area contributed by atoms with E-state index in [0.717, 1.165) is 0 Å². The largest absolute Gasteiger partial charge is 0.493 e. The fraction of sp³-hybridized carbons (Fsp3) is 0.364. The molecule has 0 aliphatic heterocycles. The molecule has 0 amide bonds. The average Bonchev–Trinajstić information content (AvgIpc) is 2.33. The van der Waals surface area contributed by atoms with Crippen molar-refractivity contribution in [3.8, 4) is 11.5 Å². The van der Waals surface area contributed by atoms with Crippen LogP contribution >= 0.6 is 23.2 Å². The van der Waals surface area contributed by atoms with Gasteiger partial charge in [0.05, 0.1) is 19.2 Å². The molecule has 18 heavy (non-hydrogen) atoms. The zero-order valence-corrected chi connectivity index (χ0v) is 11.4. The molecule has 0 aromatic heterocycles. The molecule has 0 heterocycles. The van der Waals surface area contributed by atoms with E-state index in [1.807, 2.05) is 0 Å². The summed E-state index contributed by atoms with van der Waals surface area (Å²) in [4.78, 5) is 10.7. The fourth-order valence-corrected chi connectivity index (χ4v) is 2.12. The molecule has 5 nitrogen and oxygen atoms in total. The van der Waals surface area contributed by atoms with Crippen LogP contribution in [0.2, 0.25) is 10.0 Å². The van der Waals surface area contributed by atoms with Crippen LogP contribution in [0.1, 0.15) is 5.56 Å². The molecule has 1 atom stereocenters. The van der Waals surface area contributed by atoms with E-state index in [1.165, 1.54) is 20.3 Å². The van der Waals surface area contributed by atoms with Gasteiger partial charge in [-0.25, -0.2) is 0 Å². The second-order valence-electron chi connectivity index (χ2n) is 3.54. The highest BCUT2D eigenvalue weighted by Gasteiger charge is 2.21. The maximum absolute atomic E-state index is 10.7. The zero-order valence-electron chi connectivity index (χ0n) is 9.87. The van der Waals surface area contributed by atoms with Crippen LogP contribution in [0.5, 0.6) is 11.5 Å². The molecular weight excluding hydrogens is 281 g/mol. The SMILES string of the molecule is COc1cc(Cl)c(CC(N)C(=O)O)c(Cl)c1OC. The highest BCUT2D eigenvalue weighted by molar-refractivity contribution is 6.37. The number of ether oxygens (including phenoxy) is 2.